The number of hydrogen-bond donors (Lipinski definition) is 1. The van der Waals surface area contributed by atoms with Gasteiger partial charge in [0, 0.05) is 11.3 Å². The standard InChI is InChI=1S/C27H20FN3O6S2/c1-14-6-8-19(37-14)22-21(23(32)15-7-9-18-20(12-15)36-11-10-35-18)24(33)25(34)31(22)26-29-30-27(39-26)38-13-16-4-2-3-5-17(16)28/h2-9,12,22,32H,10-11,13H2,1H3/b23-21+. The van der Waals surface area contributed by atoms with Gasteiger partial charge in [-0.1, -0.05) is 41.3 Å². The van der Waals surface area contributed by atoms with Gasteiger partial charge in [0.15, 0.2) is 15.8 Å². The highest BCUT2D eigenvalue weighted by molar-refractivity contribution is 8.00. The summed E-state index contributed by atoms with van der Waals surface area (Å²) >= 11 is 2.34. The molecule has 0 saturated carbocycles. The van der Waals surface area contributed by atoms with Crippen molar-refractivity contribution in [3.8, 4) is 11.5 Å². The van der Waals surface area contributed by atoms with Gasteiger partial charge in [-0.15, -0.1) is 10.2 Å². The Morgan fingerprint density at radius 3 is 2.67 bits per heavy atom. The number of aliphatic hydroxyl groups excluding tert-OH is 1. The Morgan fingerprint density at radius 2 is 1.90 bits per heavy atom. The Bertz CT molecular complexity index is 1630. The minimum atomic E-state index is -1.08. The Labute approximate surface area is 229 Å². The number of Topliss-reactive ketones (excluding diaryl/α,β-unsaturated/α-hetero) is 1. The Kier molecular flexibility index (Phi) is 6.57. The third-order valence-electron chi connectivity index (χ3n) is 6.20. The van der Waals surface area contributed by atoms with Crippen LogP contribution in [0.3, 0.4) is 0 Å². The molecule has 9 nitrogen and oxygen atoms in total. The maximum absolute atomic E-state index is 14.0. The van der Waals surface area contributed by atoms with Crippen molar-refractivity contribution in [2.75, 3.05) is 18.1 Å². The average Bonchev–Trinajstić information content (AvgIpc) is 3.65. The van der Waals surface area contributed by atoms with E-state index in [0.29, 0.717) is 46.1 Å². The number of ketones is 1. The first-order valence-electron chi connectivity index (χ1n) is 11.9. The Hall–Kier alpha value is -4.16. The number of amides is 1. The largest absolute Gasteiger partial charge is 0.507 e. The molecule has 0 aliphatic carbocycles. The number of carbonyl (C=O) groups excluding carboxylic acids is 2. The molecule has 6 rings (SSSR count). The van der Waals surface area contributed by atoms with E-state index in [1.54, 1.807) is 55.5 Å². The number of hydrogen-bond acceptors (Lipinski definition) is 10. The van der Waals surface area contributed by atoms with E-state index in [4.69, 9.17) is 13.9 Å². The molecule has 0 spiro atoms. The summed E-state index contributed by atoms with van der Waals surface area (Å²) in [6.45, 7) is 2.49. The van der Waals surface area contributed by atoms with Crippen LogP contribution in [0.5, 0.6) is 11.5 Å². The summed E-state index contributed by atoms with van der Waals surface area (Å²) < 4.78 is 31.5. The van der Waals surface area contributed by atoms with Crippen molar-refractivity contribution in [1.82, 2.24) is 10.2 Å². The molecule has 2 aliphatic rings. The lowest BCUT2D eigenvalue weighted by Gasteiger charge is -2.21. The molecule has 1 saturated heterocycles. The van der Waals surface area contributed by atoms with Crippen LogP contribution in [0.1, 0.15) is 28.7 Å². The molecule has 0 bridgehead atoms. The van der Waals surface area contributed by atoms with Crippen LogP contribution < -0.4 is 14.4 Å². The molecule has 4 aromatic rings. The highest BCUT2D eigenvalue weighted by atomic mass is 32.2. The number of ether oxygens (including phenoxy) is 2. The van der Waals surface area contributed by atoms with Crippen molar-refractivity contribution in [2.24, 2.45) is 0 Å². The van der Waals surface area contributed by atoms with Gasteiger partial charge in [-0.25, -0.2) is 4.39 Å². The maximum Gasteiger partial charge on any atom is 0.302 e. The lowest BCUT2D eigenvalue weighted by Crippen LogP contribution is -2.29. The minimum Gasteiger partial charge on any atom is -0.507 e. The lowest BCUT2D eigenvalue weighted by atomic mass is 9.99. The summed E-state index contributed by atoms with van der Waals surface area (Å²) in [7, 11) is 0. The Balaban J connectivity index is 1.38. The van der Waals surface area contributed by atoms with Gasteiger partial charge in [-0.2, -0.15) is 0 Å². The molecule has 2 aromatic heterocycles. The fraction of sp³-hybridized carbons (Fsp3) is 0.185. The summed E-state index contributed by atoms with van der Waals surface area (Å²) in [6, 6.07) is 13.5. The van der Waals surface area contributed by atoms with Crippen molar-refractivity contribution >= 4 is 45.7 Å². The number of thioether (sulfide) groups is 1. The minimum absolute atomic E-state index is 0.147. The van der Waals surface area contributed by atoms with Gasteiger partial charge in [-0.05, 0) is 48.9 Å². The Morgan fingerprint density at radius 1 is 1.10 bits per heavy atom. The van der Waals surface area contributed by atoms with E-state index in [1.165, 1.54) is 22.7 Å². The summed E-state index contributed by atoms with van der Waals surface area (Å²) in [6.07, 6.45) is 0. The second kappa shape index (κ2) is 10.2. The number of carbonyl (C=O) groups is 2. The number of aromatic nitrogens is 2. The SMILES string of the molecule is Cc1ccc(C2/C(=C(\O)c3ccc4c(c3)OCCO4)C(=O)C(=O)N2c2nnc(SCc3ccccc3F)s2)o1. The molecule has 1 fully saturated rings. The van der Waals surface area contributed by atoms with E-state index >= 15 is 0 Å². The van der Waals surface area contributed by atoms with Gasteiger partial charge in [0.2, 0.25) is 5.13 Å². The van der Waals surface area contributed by atoms with Gasteiger partial charge in [0.05, 0.1) is 5.57 Å². The number of nitrogens with zero attached hydrogens (tertiary/aromatic N) is 3. The second-order valence-corrected chi connectivity index (χ2v) is 10.9. The zero-order valence-electron chi connectivity index (χ0n) is 20.4. The van der Waals surface area contributed by atoms with Crippen LogP contribution in [0.4, 0.5) is 9.52 Å². The highest BCUT2D eigenvalue weighted by Crippen LogP contribution is 2.45. The zero-order valence-corrected chi connectivity index (χ0v) is 22.1. The third-order valence-corrected chi connectivity index (χ3v) is 8.31. The average molecular weight is 566 g/mol. The number of furan rings is 1. The fourth-order valence-electron chi connectivity index (χ4n) is 4.36. The quantitative estimate of drug-likeness (QED) is 0.110. The predicted molar refractivity (Wildman–Crippen MR) is 142 cm³/mol. The van der Waals surface area contributed by atoms with E-state index in [2.05, 4.69) is 10.2 Å². The molecular weight excluding hydrogens is 545 g/mol. The number of benzene rings is 2. The van der Waals surface area contributed by atoms with Crippen LogP contribution in [0.15, 0.2) is 68.9 Å². The number of anilines is 1. The number of fused-ring (bicyclic) bond motifs is 1. The van der Waals surface area contributed by atoms with Crippen LogP contribution in [-0.4, -0.2) is 40.2 Å². The highest BCUT2D eigenvalue weighted by Gasteiger charge is 2.50. The van der Waals surface area contributed by atoms with Gasteiger partial charge in [-0.3, -0.25) is 14.5 Å². The molecule has 4 heterocycles. The second-order valence-electron chi connectivity index (χ2n) is 8.71. The number of aliphatic hydroxyl groups is 1. The van der Waals surface area contributed by atoms with Gasteiger partial charge in [0.25, 0.3) is 5.78 Å². The molecule has 1 unspecified atom stereocenters. The smallest absolute Gasteiger partial charge is 0.302 e. The fourth-order valence-corrected chi connectivity index (χ4v) is 6.21. The summed E-state index contributed by atoms with van der Waals surface area (Å²) in [5, 5.41) is 19.8. The van der Waals surface area contributed by atoms with Crippen LogP contribution in [0.25, 0.3) is 5.76 Å². The number of rotatable bonds is 6. The van der Waals surface area contributed by atoms with E-state index in [0.717, 1.165) is 11.3 Å². The lowest BCUT2D eigenvalue weighted by molar-refractivity contribution is -0.132. The maximum atomic E-state index is 14.0. The summed E-state index contributed by atoms with van der Waals surface area (Å²) in [5.74, 6) is -0.387. The first kappa shape index (κ1) is 25.1. The van der Waals surface area contributed by atoms with Crippen molar-refractivity contribution < 1.29 is 33.0 Å². The van der Waals surface area contributed by atoms with Gasteiger partial charge < -0.3 is 19.0 Å². The van der Waals surface area contributed by atoms with Crippen molar-refractivity contribution in [2.45, 2.75) is 23.1 Å². The van der Waals surface area contributed by atoms with Crippen LogP contribution in [0, 0.1) is 12.7 Å². The van der Waals surface area contributed by atoms with E-state index in [-0.39, 0.29) is 33.6 Å². The van der Waals surface area contributed by atoms with E-state index in [9.17, 15) is 19.1 Å². The first-order valence-corrected chi connectivity index (χ1v) is 13.7. The van der Waals surface area contributed by atoms with E-state index < -0.39 is 17.7 Å². The van der Waals surface area contributed by atoms with Gasteiger partial charge >= 0.3 is 5.91 Å². The normalized spacial score (nSPS) is 18.1. The van der Waals surface area contributed by atoms with Crippen molar-refractivity contribution in [3.05, 3.63) is 88.6 Å². The molecule has 12 heteroatoms. The molecule has 2 aliphatic heterocycles. The molecule has 1 atom stereocenters. The van der Waals surface area contributed by atoms with Crippen LogP contribution >= 0.6 is 23.1 Å². The zero-order chi connectivity index (χ0) is 27.1. The molecular formula is C27H20FN3O6S2. The predicted octanol–water partition coefficient (Wildman–Crippen LogP) is 5.27. The monoisotopic (exact) mass is 565 g/mol. The molecule has 1 amide bonds. The van der Waals surface area contributed by atoms with Crippen molar-refractivity contribution in [1.29, 1.82) is 0 Å². The van der Waals surface area contributed by atoms with Crippen LogP contribution in [-0.2, 0) is 15.3 Å². The summed E-state index contributed by atoms with van der Waals surface area (Å²) in [4.78, 5) is 27.9. The number of aryl methyl sites for hydroxylation is 1. The van der Waals surface area contributed by atoms with Crippen LogP contribution in [0.2, 0.25) is 0 Å². The third kappa shape index (κ3) is 4.66. The van der Waals surface area contributed by atoms with Crippen molar-refractivity contribution in [3.63, 3.8) is 0 Å². The molecule has 39 heavy (non-hydrogen) atoms. The molecule has 2 aromatic carbocycles. The first-order chi connectivity index (χ1) is 18.9. The molecule has 0 radical (unpaired) electrons. The molecule has 1 N–H and O–H groups in total. The topological polar surface area (TPSA) is 115 Å². The van der Waals surface area contributed by atoms with E-state index in [1.807, 2.05) is 0 Å². The summed E-state index contributed by atoms with van der Waals surface area (Å²) in [5.41, 5.74) is 0.635. The molecule has 198 valence electrons. The number of halogens is 1. The van der Waals surface area contributed by atoms with Gasteiger partial charge in [0.1, 0.15) is 42.4 Å².